The van der Waals surface area contributed by atoms with Gasteiger partial charge in [0.1, 0.15) is 6.10 Å². The molecule has 1 N–H and O–H groups in total. The lowest BCUT2D eigenvalue weighted by Crippen LogP contribution is -2.46. The molecule has 0 saturated carbocycles. The first-order valence-electron chi connectivity index (χ1n) is 6.98. The number of Topliss-reactive ketones (excluding diaryl/α,β-unsaturated/α-hetero) is 1. The molecule has 0 aliphatic carbocycles. The van der Waals surface area contributed by atoms with Gasteiger partial charge in [0.05, 0.1) is 5.60 Å². The molecule has 104 valence electrons. The maximum absolute atomic E-state index is 12.3. The van der Waals surface area contributed by atoms with Gasteiger partial charge in [-0.25, -0.2) is 0 Å². The van der Waals surface area contributed by atoms with Crippen molar-refractivity contribution in [1.82, 2.24) is 0 Å². The van der Waals surface area contributed by atoms with Crippen molar-refractivity contribution < 1.29 is 14.6 Å². The highest BCUT2D eigenvalue weighted by Crippen LogP contribution is 2.40. The van der Waals surface area contributed by atoms with Gasteiger partial charge >= 0.3 is 0 Å². The lowest BCUT2D eigenvalue weighted by molar-refractivity contribution is -0.147. The number of thioether (sulfide) groups is 1. The molecule has 2 aliphatic rings. The molecule has 2 rings (SSSR count). The van der Waals surface area contributed by atoms with Crippen LogP contribution in [-0.2, 0) is 9.53 Å². The van der Waals surface area contributed by atoms with Crippen molar-refractivity contribution in [3.63, 3.8) is 0 Å². The molecule has 2 fully saturated rings. The van der Waals surface area contributed by atoms with Crippen LogP contribution in [0.25, 0.3) is 0 Å². The summed E-state index contributed by atoms with van der Waals surface area (Å²) in [5, 5.41) is 9.94. The summed E-state index contributed by atoms with van der Waals surface area (Å²) in [7, 11) is 0. The van der Waals surface area contributed by atoms with Crippen molar-refractivity contribution in [3.8, 4) is 0 Å². The van der Waals surface area contributed by atoms with Crippen LogP contribution in [0.2, 0.25) is 0 Å². The third-order valence-electron chi connectivity index (χ3n) is 4.22. The number of hydrogen-bond donors (Lipinski definition) is 1. The maximum Gasteiger partial charge on any atom is 0.164 e. The second kappa shape index (κ2) is 5.93. The quantitative estimate of drug-likeness (QED) is 0.856. The van der Waals surface area contributed by atoms with Crippen molar-refractivity contribution >= 4 is 17.5 Å². The van der Waals surface area contributed by atoms with E-state index in [4.69, 9.17) is 4.74 Å². The first-order chi connectivity index (χ1) is 8.54. The Morgan fingerprint density at radius 2 is 2.06 bits per heavy atom. The van der Waals surface area contributed by atoms with Crippen LogP contribution in [-0.4, -0.2) is 40.7 Å². The predicted molar refractivity (Wildman–Crippen MR) is 73.8 cm³/mol. The Hall–Kier alpha value is -0.0600. The molecule has 3 nitrogen and oxygen atoms in total. The topological polar surface area (TPSA) is 46.5 Å². The average molecular weight is 272 g/mol. The van der Waals surface area contributed by atoms with E-state index in [1.165, 1.54) is 0 Å². The number of ether oxygens (including phenoxy) is 1. The Bertz CT molecular complexity index is 292. The van der Waals surface area contributed by atoms with Gasteiger partial charge in [0.15, 0.2) is 5.78 Å². The Labute approximate surface area is 114 Å². The number of hydrogen-bond acceptors (Lipinski definition) is 4. The van der Waals surface area contributed by atoms with Crippen LogP contribution in [0.5, 0.6) is 0 Å². The van der Waals surface area contributed by atoms with Gasteiger partial charge in [-0.15, -0.1) is 0 Å². The zero-order chi connectivity index (χ0) is 13.2. The number of carbonyl (C=O) groups is 1. The zero-order valence-electron chi connectivity index (χ0n) is 11.4. The third-order valence-corrected chi connectivity index (χ3v) is 5.21. The van der Waals surface area contributed by atoms with E-state index >= 15 is 0 Å². The summed E-state index contributed by atoms with van der Waals surface area (Å²) >= 11 is 1.97. The average Bonchev–Trinajstić information content (AvgIpc) is 2.38. The van der Waals surface area contributed by atoms with Crippen molar-refractivity contribution in [2.45, 2.75) is 51.2 Å². The Morgan fingerprint density at radius 1 is 1.39 bits per heavy atom. The molecule has 0 aromatic carbocycles. The fourth-order valence-electron chi connectivity index (χ4n) is 2.93. The highest BCUT2D eigenvalue weighted by Gasteiger charge is 2.42. The molecule has 0 radical (unpaired) electrons. The molecular formula is C14H24O3S. The lowest BCUT2D eigenvalue weighted by atomic mass is 9.78. The summed E-state index contributed by atoms with van der Waals surface area (Å²) in [6.07, 6.45) is 2.90. The summed E-state index contributed by atoms with van der Waals surface area (Å²) in [4.78, 5) is 12.3. The van der Waals surface area contributed by atoms with Gasteiger partial charge in [-0.05, 0) is 43.1 Å². The fraction of sp³-hybridized carbons (Fsp3) is 0.929. The van der Waals surface area contributed by atoms with E-state index in [-0.39, 0.29) is 23.2 Å². The number of ketones is 1. The van der Waals surface area contributed by atoms with Gasteiger partial charge in [-0.3, -0.25) is 4.79 Å². The van der Waals surface area contributed by atoms with E-state index in [1.54, 1.807) is 0 Å². The molecule has 0 amide bonds. The van der Waals surface area contributed by atoms with E-state index in [2.05, 4.69) is 0 Å². The van der Waals surface area contributed by atoms with Gasteiger partial charge in [0, 0.05) is 12.5 Å². The van der Waals surface area contributed by atoms with E-state index in [1.807, 2.05) is 25.6 Å². The molecule has 2 unspecified atom stereocenters. The maximum atomic E-state index is 12.3. The summed E-state index contributed by atoms with van der Waals surface area (Å²) < 4.78 is 5.98. The highest BCUT2D eigenvalue weighted by atomic mass is 32.2. The van der Waals surface area contributed by atoms with E-state index in [9.17, 15) is 9.90 Å². The van der Waals surface area contributed by atoms with Crippen LogP contribution in [0.15, 0.2) is 0 Å². The second-order valence-corrected chi connectivity index (χ2v) is 7.15. The van der Waals surface area contributed by atoms with Crippen molar-refractivity contribution in [3.05, 3.63) is 0 Å². The van der Waals surface area contributed by atoms with Gasteiger partial charge in [-0.2, -0.15) is 11.8 Å². The molecule has 2 heterocycles. The van der Waals surface area contributed by atoms with E-state index in [0.29, 0.717) is 6.61 Å². The molecule has 0 bridgehead atoms. The van der Waals surface area contributed by atoms with Crippen molar-refractivity contribution in [2.75, 3.05) is 18.1 Å². The monoisotopic (exact) mass is 272 g/mol. The zero-order valence-corrected chi connectivity index (χ0v) is 12.2. The Morgan fingerprint density at radius 3 is 2.67 bits per heavy atom. The summed E-state index contributed by atoms with van der Waals surface area (Å²) in [6, 6.07) is 0. The van der Waals surface area contributed by atoms with Crippen LogP contribution < -0.4 is 0 Å². The smallest absolute Gasteiger partial charge is 0.164 e. The number of aliphatic hydroxyl groups excluding tert-OH is 1. The van der Waals surface area contributed by atoms with Gasteiger partial charge in [0.2, 0.25) is 0 Å². The van der Waals surface area contributed by atoms with Crippen LogP contribution in [0.1, 0.15) is 39.5 Å². The Balaban J connectivity index is 1.99. The number of carbonyl (C=O) groups excluding carboxylic acids is 1. The summed E-state index contributed by atoms with van der Waals surface area (Å²) in [5.74, 6) is 2.31. The first kappa shape index (κ1) is 14.4. The van der Waals surface area contributed by atoms with Crippen LogP contribution in [0, 0.1) is 11.8 Å². The molecule has 2 saturated heterocycles. The molecular weight excluding hydrogens is 248 g/mol. The minimum atomic E-state index is -0.803. The fourth-order valence-corrected chi connectivity index (χ4v) is 4.17. The first-order valence-corrected chi connectivity index (χ1v) is 8.13. The van der Waals surface area contributed by atoms with Crippen LogP contribution in [0.3, 0.4) is 0 Å². The predicted octanol–water partition coefficient (Wildman–Crippen LogP) is 2.26. The normalized spacial score (nSPS) is 29.4. The largest absolute Gasteiger partial charge is 0.385 e. The van der Waals surface area contributed by atoms with E-state index < -0.39 is 6.10 Å². The molecule has 4 heteroatoms. The molecule has 2 aliphatic heterocycles. The third kappa shape index (κ3) is 3.09. The number of rotatable bonds is 3. The van der Waals surface area contributed by atoms with Crippen molar-refractivity contribution in [1.29, 1.82) is 0 Å². The molecule has 0 aromatic rings. The molecule has 1 spiro atoms. The molecule has 0 aromatic heterocycles. The van der Waals surface area contributed by atoms with Crippen LogP contribution >= 0.6 is 11.8 Å². The van der Waals surface area contributed by atoms with Gasteiger partial charge < -0.3 is 9.84 Å². The SMILES string of the molecule is CC(C)C(O)C(=O)C1CCOC2(CCSCC2)C1. The van der Waals surface area contributed by atoms with Crippen LogP contribution in [0.4, 0.5) is 0 Å². The van der Waals surface area contributed by atoms with Gasteiger partial charge in [0.25, 0.3) is 0 Å². The lowest BCUT2D eigenvalue weighted by Gasteiger charge is -2.43. The molecule has 2 atom stereocenters. The summed E-state index contributed by atoms with van der Waals surface area (Å²) in [5.41, 5.74) is -0.0689. The van der Waals surface area contributed by atoms with Crippen molar-refractivity contribution in [2.24, 2.45) is 11.8 Å². The van der Waals surface area contributed by atoms with Gasteiger partial charge in [-0.1, -0.05) is 13.8 Å². The summed E-state index contributed by atoms with van der Waals surface area (Å²) in [6.45, 7) is 4.47. The highest BCUT2D eigenvalue weighted by molar-refractivity contribution is 7.99. The number of aliphatic hydroxyl groups is 1. The Kier molecular flexibility index (Phi) is 4.73. The van der Waals surface area contributed by atoms with E-state index in [0.717, 1.165) is 37.2 Å². The minimum absolute atomic E-state index is 0.000694. The standard InChI is InChI=1S/C14H24O3S/c1-10(2)12(15)13(16)11-3-6-17-14(9-11)4-7-18-8-5-14/h10-12,15H,3-9H2,1-2H3. The second-order valence-electron chi connectivity index (χ2n) is 5.92. The minimum Gasteiger partial charge on any atom is -0.385 e. The molecule has 18 heavy (non-hydrogen) atoms.